The van der Waals surface area contributed by atoms with E-state index in [4.69, 9.17) is 10.5 Å². The van der Waals surface area contributed by atoms with E-state index < -0.39 is 0 Å². The molecule has 1 aromatic rings. The van der Waals surface area contributed by atoms with Gasteiger partial charge in [-0.05, 0) is 31.2 Å². The fraction of sp³-hybridized carbons (Fsp3) is 0.615. The first-order valence-electron chi connectivity index (χ1n) is 6.19. The number of hydrogen-bond donors (Lipinski definition) is 1. The molecule has 2 N–H and O–H groups in total. The smallest absolute Gasteiger partial charge is 0.213 e. The number of pyridine rings is 1. The number of nitrogens with zero attached hydrogens (tertiary/aromatic N) is 1. The molecule has 0 aromatic carbocycles. The van der Waals surface area contributed by atoms with Crippen LogP contribution in [0, 0.1) is 0 Å². The van der Waals surface area contributed by atoms with Gasteiger partial charge in [0.2, 0.25) is 5.88 Å². The van der Waals surface area contributed by atoms with Gasteiger partial charge in [0.05, 0.1) is 6.61 Å². The lowest BCUT2D eigenvalue weighted by Gasteiger charge is -2.21. The highest BCUT2D eigenvalue weighted by Gasteiger charge is 2.18. The Balaban J connectivity index is 2.06. The number of hydrogen-bond acceptors (Lipinski definition) is 3. The zero-order valence-corrected chi connectivity index (χ0v) is 9.91. The minimum atomic E-state index is 0.168. The molecule has 0 saturated carbocycles. The maximum absolute atomic E-state index is 6.04. The molecule has 0 fully saturated rings. The quantitative estimate of drug-likeness (QED) is 0.793. The topological polar surface area (TPSA) is 48.1 Å². The van der Waals surface area contributed by atoms with E-state index in [9.17, 15) is 0 Å². The lowest BCUT2D eigenvalue weighted by atomic mass is 9.92. The predicted molar refractivity (Wildman–Crippen MR) is 64.5 cm³/mol. The molecule has 0 unspecified atom stereocenters. The SMILES string of the molecule is CCCCOc1ccc2c(n1)CCC[C@H]2N. The van der Waals surface area contributed by atoms with Crippen LogP contribution in [-0.4, -0.2) is 11.6 Å². The van der Waals surface area contributed by atoms with E-state index in [1.54, 1.807) is 0 Å². The molecule has 1 aromatic heterocycles. The Morgan fingerprint density at radius 2 is 2.38 bits per heavy atom. The average molecular weight is 220 g/mol. The summed E-state index contributed by atoms with van der Waals surface area (Å²) in [7, 11) is 0. The third-order valence-corrected chi connectivity index (χ3v) is 3.06. The van der Waals surface area contributed by atoms with Crippen molar-refractivity contribution in [1.82, 2.24) is 4.98 Å². The van der Waals surface area contributed by atoms with Crippen molar-refractivity contribution in [3.8, 4) is 5.88 Å². The molecule has 0 amide bonds. The molecule has 0 radical (unpaired) electrons. The normalized spacial score (nSPS) is 19.2. The van der Waals surface area contributed by atoms with Gasteiger partial charge in [-0.2, -0.15) is 0 Å². The first kappa shape index (κ1) is 11.4. The third kappa shape index (κ3) is 2.53. The van der Waals surface area contributed by atoms with Crippen molar-refractivity contribution in [2.75, 3.05) is 6.61 Å². The zero-order valence-electron chi connectivity index (χ0n) is 9.91. The third-order valence-electron chi connectivity index (χ3n) is 3.06. The van der Waals surface area contributed by atoms with Crippen LogP contribution in [0.25, 0.3) is 0 Å². The monoisotopic (exact) mass is 220 g/mol. The first-order valence-corrected chi connectivity index (χ1v) is 6.19. The Morgan fingerprint density at radius 1 is 1.50 bits per heavy atom. The van der Waals surface area contributed by atoms with Gasteiger partial charge in [-0.1, -0.05) is 19.4 Å². The Bertz CT molecular complexity index is 352. The van der Waals surface area contributed by atoms with Crippen molar-refractivity contribution in [3.63, 3.8) is 0 Å². The Hall–Kier alpha value is -1.09. The van der Waals surface area contributed by atoms with Crippen LogP contribution in [0.1, 0.15) is 49.9 Å². The molecular weight excluding hydrogens is 200 g/mol. The van der Waals surface area contributed by atoms with Gasteiger partial charge < -0.3 is 10.5 Å². The highest BCUT2D eigenvalue weighted by molar-refractivity contribution is 5.30. The molecule has 1 heterocycles. The van der Waals surface area contributed by atoms with Gasteiger partial charge in [0, 0.05) is 17.8 Å². The Morgan fingerprint density at radius 3 is 3.19 bits per heavy atom. The largest absolute Gasteiger partial charge is 0.478 e. The summed E-state index contributed by atoms with van der Waals surface area (Å²) < 4.78 is 5.60. The lowest BCUT2D eigenvalue weighted by molar-refractivity contribution is 0.296. The van der Waals surface area contributed by atoms with Gasteiger partial charge in [0.15, 0.2) is 0 Å². The molecule has 1 aliphatic rings. The summed E-state index contributed by atoms with van der Waals surface area (Å²) in [5.41, 5.74) is 8.37. The van der Waals surface area contributed by atoms with Crippen molar-refractivity contribution in [3.05, 3.63) is 23.4 Å². The summed E-state index contributed by atoms with van der Waals surface area (Å²) in [6.45, 7) is 2.91. The standard InChI is InChI=1S/C13H20N2O/c1-2-3-9-16-13-8-7-10-11(14)5-4-6-12(10)15-13/h7-8,11H,2-6,9,14H2,1H3/t11-/m1/s1. The molecule has 1 aliphatic carbocycles. The number of aromatic nitrogens is 1. The summed E-state index contributed by atoms with van der Waals surface area (Å²) in [6, 6.07) is 4.19. The van der Waals surface area contributed by atoms with Crippen LogP contribution in [0.3, 0.4) is 0 Å². The van der Waals surface area contributed by atoms with Gasteiger partial charge in [0.25, 0.3) is 0 Å². The van der Waals surface area contributed by atoms with E-state index in [0.29, 0.717) is 0 Å². The first-order chi connectivity index (χ1) is 7.81. The maximum Gasteiger partial charge on any atom is 0.213 e. The number of ether oxygens (including phenoxy) is 1. The van der Waals surface area contributed by atoms with E-state index in [1.807, 2.05) is 6.07 Å². The van der Waals surface area contributed by atoms with E-state index in [2.05, 4.69) is 18.0 Å². The Labute approximate surface area is 97.0 Å². The van der Waals surface area contributed by atoms with E-state index in [0.717, 1.165) is 50.3 Å². The molecule has 16 heavy (non-hydrogen) atoms. The minimum absolute atomic E-state index is 0.168. The van der Waals surface area contributed by atoms with Crippen LogP contribution in [0.4, 0.5) is 0 Å². The molecule has 0 saturated heterocycles. The van der Waals surface area contributed by atoms with Gasteiger partial charge >= 0.3 is 0 Å². The van der Waals surface area contributed by atoms with E-state index >= 15 is 0 Å². The lowest BCUT2D eigenvalue weighted by Crippen LogP contribution is -2.18. The molecule has 0 bridgehead atoms. The number of rotatable bonds is 4. The highest BCUT2D eigenvalue weighted by atomic mass is 16.5. The fourth-order valence-corrected chi connectivity index (χ4v) is 2.08. The van der Waals surface area contributed by atoms with Crippen LogP contribution in [0.2, 0.25) is 0 Å². The van der Waals surface area contributed by atoms with E-state index in [-0.39, 0.29) is 6.04 Å². The van der Waals surface area contributed by atoms with Crippen molar-refractivity contribution in [1.29, 1.82) is 0 Å². The number of aryl methyl sites for hydroxylation is 1. The summed E-state index contributed by atoms with van der Waals surface area (Å²) in [4.78, 5) is 4.53. The maximum atomic E-state index is 6.04. The molecule has 0 aliphatic heterocycles. The molecular formula is C13H20N2O. The van der Waals surface area contributed by atoms with E-state index in [1.165, 1.54) is 5.56 Å². The van der Waals surface area contributed by atoms with Gasteiger partial charge in [-0.15, -0.1) is 0 Å². The fourth-order valence-electron chi connectivity index (χ4n) is 2.08. The van der Waals surface area contributed by atoms with Crippen molar-refractivity contribution in [2.45, 2.75) is 45.1 Å². The summed E-state index contributed by atoms with van der Waals surface area (Å²) in [6.07, 6.45) is 5.48. The minimum Gasteiger partial charge on any atom is -0.478 e. The van der Waals surface area contributed by atoms with Crippen molar-refractivity contribution in [2.24, 2.45) is 5.73 Å². The molecule has 0 spiro atoms. The van der Waals surface area contributed by atoms with Crippen LogP contribution < -0.4 is 10.5 Å². The van der Waals surface area contributed by atoms with Gasteiger partial charge in [-0.25, -0.2) is 4.98 Å². The number of fused-ring (bicyclic) bond motifs is 1. The number of unbranched alkanes of at least 4 members (excludes halogenated alkanes) is 1. The second kappa shape index (κ2) is 5.30. The van der Waals surface area contributed by atoms with Gasteiger partial charge in [0.1, 0.15) is 0 Å². The summed E-state index contributed by atoms with van der Waals surface area (Å²) in [5.74, 6) is 0.751. The zero-order chi connectivity index (χ0) is 11.4. The second-order valence-electron chi connectivity index (χ2n) is 4.39. The molecule has 88 valence electrons. The second-order valence-corrected chi connectivity index (χ2v) is 4.39. The predicted octanol–water partition coefficient (Wildman–Crippen LogP) is 2.60. The average Bonchev–Trinajstić information content (AvgIpc) is 2.30. The molecule has 3 nitrogen and oxygen atoms in total. The van der Waals surface area contributed by atoms with Crippen LogP contribution >= 0.6 is 0 Å². The van der Waals surface area contributed by atoms with Crippen LogP contribution in [-0.2, 0) is 6.42 Å². The highest BCUT2D eigenvalue weighted by Crippen LogP contribution is 2.28. The van der Waals surface area contributed by atoms with Crippen molar-refractivity contribution >= 4 is 0 Å². The molecule has 2 rings (SSSR count). The molecule has 1 atom stereocenters. The Kier molecular flexibility index (Phi) is 3.78. The summed E-state index contributed by atoms with van der Waals surface area (Å²) in [5, 5.41) is 0. The van der Waals surface area contributed by atoms with Crippen LogP contribution in [0.15, 0.2) is 12.1 Å². The van der Waals surface area contributed by atoms with Crippen molar-refractivity contribution < 1.29 is 4.74 Å². The van der Waals surface area contributed by atoms with Crippen LogP contribution in [0.5, 0.6) is 5.88 Å². The molecule has 3 heteroatoms. The number of nitrogens with two attached hydrogens (primary N) is 1. The summed E-state index contributed by atoms with van der Waals surface area (Å²) >= 11 is 0. The van der Waals surface area contributed by atoms with Gasteiger partial charge in [-0.3, -0.25) is 0 Å².